The Balaban J connectivity index is 1.65. The van der Waals surface area contributed by atoms with Gasteiger partial charge >= 0.3 is 0 Å². The van der Waals surface area contributed by atoms with Crippen molar-refractivity contribution in [3.05, 3.63) is 59.7 Å². The topological polar surface area (TPSA) is 44.4 Å². The third-order valence-corrected chi connectivity index (χ3v) is 5.21. The van der Waals surface area contributed by atoms with Gasteiger partial charge in [0.1, 0.15) is 0 Å². The second-order valence-corrected chi connectivity index (χ2v) is 7.78. The lowest BCUT2D eigenvalue weighted by atomic mass is 9.93. The van der Waals surface area contributed by atoms with Crippen LogP contribution in [0.15, 0.2) is 48.5 Å². The van der Waals surface area contributed by atoms with Gasteiger partial charge in [0, 0.05) is 24.3 Å². The number of hydrogen-bond donors (Lipinski definition) is 2. The number of carbonyl (C=O) groups is 1. The van der Waals surface area contributed by atoms with Crippen molar-refractivity contribution in [2.24, 2.45) is 5.92 Å². The molecule has 2 N–H and O–H groups in total. The molecule has 0 saturated carbocycles. The molecule has 2 aromatic carbocycles. The maximum absolute atomic E-state index is 11.9. The van der Waals surface area contributed by atoms with Crippen LogP contribution in [0.3, 0.4) is 0 Å². The second-order valence-electron chi connectivity index (χ2n) is 7.37. The highest BCUT2D eigenvalue weighted by Gasteiger charge is 2.21. The second kappa shape index (κ2) is 8.53. The lowest BCUT2D eigenvalue weighted by Crippen LogP contribution is -2.35. The normalized spacial score (nSPS) is 15.1. The Morgan fingerprint density at radius 3 is 2.41 bits per heavy atom. The maximum Gasteiger partial charge on any atom is 0.227 e. The first-order valence-electron chi connectivity index (χ1n) is 9.49. The van der Waals surface area contributed by atoms with E-state index in [1.165, 1.54) is 11.1 Å². The molecule has 1 saturated heterocycles. The average molecular weight is 382 g/mol. The van der Waals surface area contributed by atoms with Crippen LogP contribution in [0, 0.1) is 12.8 Å². The number of rotatable bonds is 5. The number of anilines is 2. The van der Waals surface area contributed by atoms with Gasteiger partial charge in [0.05, 0.1) is 6.04 Å². The Hall–Kier alpha value is -2.40. The summed E-state index contributed by atoms with van der Waals surface area (Å²) in [4.78, 5) is 13.7. The van der Waals surface area contributed by atoms with E-state index in [2.05, 4.69) is 55.7 Å². The molecule has 1 atom stereocenters. The molecule has 1 aliphatic heterocycles. The third-order valence-electron chi connectivity index (χ3n) is 4.99. The van der Waals surface area contributed by atoms with Gasteiger partial charge in [-0.2, -0.15) is 0 Å². The molecule has 0 radical (unpaired) electrons. The Bertz CT molecular complexity index is 817. The Morgan fingerprint density at radius 2 is 1.81 bits per heavy atom. The number of nitrogens with zero attached hydrogens (tertiary/aromatic N) is 1. The maximum atomic E-state index is 11.9. The van der Waals surface area contributed by atoms with Gasteiger partial charge in [-0.3, -0.25) is 4.79 Å². The minimum absolute atomic E-state index is 0.146. The molecule has 0 unspecified atom stereocenters. The lowest BCUT2D eigenvalue weighted by molar-refractivity contribution is -0.117. The third kappa shape index (κ3) is 4.66. The molecule has 0 aromatic heterocycles. The fraction of sp³-hybridized carbons (Fsp3) is 0.364. The van der Waals surface area contributed by atoms with Crippen LogP contribution in [0.25, 0.3) is 0 Å². The SMILES string of the molecule is Cc1ccccc1[C@@H](NC(=S)Nc1ccc(N2CCCC2=O)cc1)C(C)C. The molecule has 2 aromatic rings. The van der Waals surface area contributed by atoms with E-state index in [-0.39, 0.29) is 11.9 Å². The first-order chi connectivity index (χ1) is 13.0. The van der Waals surface area contributed by atoms with Gasteiger partial charge in [0.2, 0.25) is 5.91 Å². The molecule has 142 valence electrons. The summed E-state index contributed by atoms with van der Waals surface area (Å²) in [6.45, 7) is 7.31. The van der Waals surface area contributed by atoms with Crippen LogP contribution < -0.4 is 15.5 Å². The predicted molar refractivity (Wildman–Crippen MR) is 116 cm³/mol. The highest BCUT2D eigenvalue weighted by molar-refractivity contribution is 7.80. The standard InChI is InChI=1S/C22H27N3OS/c1-15(2)21(19-8-5-4-7-16(19)3)24-22(27)23-17-10-12-18(13-11-17)25-14-6-9-20(25)26/h4-5,7-8,10-13,15,21H,6,9,14H2,1-3H3,(H2,23,24,27)/t21-/m0/s1. The lowest BCUT2D eigenvalue weighted by Gasteiger charge is -2.26. The number of benzene rings is 2. The van der Waals surface area contributed by atoms with Crippen LogP contribution in [0.4, 0.5) is 11.4 Å². The van der Waals surface area contributed by atoms with E-state index < -0.39 is 0 Å². The van der Waals surface area contributed by atoms with Crippen LogP contribution in [0.5, 0.6) is 0 Å². The average Bonchev–Trinajstić information content (AvgIpc) is 3.07. The highest BCUT2D eigenvalue weighted by atomic mass is 32.1. The molecule has 1 aliphatic rings. The van der Waals surface area contributed by atoms with Crippen molar-refractivity contribution in [2.75, 3.05) is 16.8 Å². The van der Waals surface area contributed by atoms with E-state index in [0.29, 0.717) is 17.5 Å². The van der Waals surface area contributed by atoms with Crippen molar-refractivity contribution in [3.63, 3.8) is 0 Å². The molecule has 4 nitrogen and oxygen atoms in total. The van der Waals surface area contributed by atoms with Crippen LogP contribution in [-0.4, -0.2) is 17.6 Å². The van der Waals surface area contributed by atoms with Gasteiger partial charge in [-0.1, -0.05) is 38.1 Å². The van der Waals surface area contributed by atoms with E-state index in [9.17, 15) is 4.79 Å². The molecular weight excluding hydrogens is 354 g/mol. The number of nitrogens with one attached hydrogen (secondary N) is 2. The number of aryl methyl sites for hydroxylation is 1. The van der Waals surface area contributed by atoms with Crippen LogP contribution in [0.2, 0.25) is 0 Å². The molecule has 5 heteroatoms. The van der Waals surface area contributed by atoms with Crippen LogP contribution in [-0.2, 0) is 4.79 Å². The number of hydrogen-bond acceptors (Lipinski definition) is 2. The quantitative estimate of drug-likeness (QED) is 0.730. The molecular formula is C22H27N3OS. The summed E-state index contributed by atoms with van der Waals surface area (Å²) in [7, 11) is 0. The zero-order valence-corrected chi connectivity index (χ0v) is 17.0. The minimum atomic E-state index is 0.146. The van der Waals surface area contributed by atoms with Gasteiger partial charge in [-0.25, -0.2) is 0 Å². The Labute approximate surface area is 167 Å². The first-order valence-corrected chi connectivity index (χ1v) is 9.90. The molecule has 0 aliphatic carbocycles. The molecule has 1 amide bonds. The van der Waals surface area contributed by atoms with Crippen molar-refractivity contribution in [2.45, 2.75) is 39.7 Å². The van der Waals surface area contributed by atoms with Gasteiger partial charge in [-0.15, -0.1) is 0 Å². The fourth-order valence-corrected chi connectivity index (χ4v) is 3.74. The highest BCUT2D eigenvalue weighted by Crippen LogP contribution is 2.26. The van der Waals surface area contributed by atoms with Crippen LogP contribution in [0.1, 0.15) is 43.9 Å². The predicted octanol–water partition coefficient (Wildman–Crippen LogP) is 4.81. The van der Waals surface area contributed by atoms with Crippen molar-refractivity contribution >= 4 is 34.6 Å². The molecule has 0 spiro atoms. The summed E-state index contributed by atoms with van der Waals surface area (Å²) in [5.74, 6) is 0.598. The van der Waals surface area contributed by atoms with Crippen molar-refractivity contribution < 1.29 is 4.79 Å². The molecule has 1 fully saturated rings. The van der Waals surface area contributed by atoms with Crippen molar-refractivity contribution in [3.8, 4) is 0 Å². The monoisotopic (exact) mass is 381 g/mol. The smallest absolute Gasteiger partial charge is 0.227 e. The van der Waals surface area contributed by atoms with E-state index in [1.807, 2.05) is 29.2 Å². The number of thiocarbonyl (C=S) groups is 1. The summed E-state index contributed by atoms with van der Waals surface area (Å²) < 4.78 is 0. The largest absolute Gasteiger partial charge is 0.355 e. The number of amides is 1. The Morgan fingerprint density at radius 1 is 1.11 bits per heavy atom. The summed E-state index contributed by atoms with van der Waals surface area (Å²) in [6.07, 6.45) is 1.58. The van der Waals surface area contributed by atoms with Crippen molar-refractivity contribution in [1.82, 2.24) is 5.32 Å². The van der Waals surface area contributed by atoms with E-state index >= 15 is 0 Å². The molecule has 0 bridgehead atoms. The van der Waals surface area contributed by atoms with E-state index in [4.69, 9.17) is 12.2 Å². The van der Waals surface area contributed by atoms with Crippen LogP contribution >= 0.6 is 12.2 Å². The van der Waals surface area contributed by atoms with E-state index in [1.54, 1.807) is 0 Å². The van der Waals surface area contributed by atoms with Gasteiger partial charge < -0.3 is 15.5 Å². The zero-order valence-electron chi connectivity index (χ0n) is 16.2. The number of carbonyl (C=O) groups excluding carboxylic acids is 1. The van der Waals surface area contributed by atoms with Gasteiger partial charge in [0.25, 0.3) is 0 Å². The van der Waals surface area contributed by atoms with E-state index in [0.717, 1.165) is 24.3 Å². The fourth-order valence-electron chi connectivity index (χ4n) is 3.49. The Kier molecular flexibility index (Phi) is 6.11. The molecule has 3 rings (SSSR count). The molecule has 27 heavy (non-hydrogen) atoms. The summed E-state index contributed by atoms with van der Waals surface area (Å²) in [6, 6.07) is 16.4. The summed E-state index contributed by atoms with van der Waals surface area (Å²) in [5.41, 5.74) is 4.38. The molecule has 1 heterocycles. The van der Waals surface area contributed by atoms with Gasteiger partial charge in [0.15, 0.2) is 5.11 Å². The minimum Gasteiger partial charge on any atom is -0.355 e. The first kappa shape index (κ1) is 19.4. The zero-order chi connectivity index (χ0) is 19.4. The van der Waals surface area contributed by atoms with Crippen molar-refractivity contribution in [1.29, 1.82) is 0 Å². The summed E-state index contributed by atoms with van der Waals surface area (Å²) in [5, 5.41) is 7.32. The van der Waals surface area contributed by atoms with Gasteiger partial charge in [-0.05, 0) is 66.9 Å². The summed E-state index contributed by atoms with van der Waals surface area (Å²) >= 11 is 5.55.